The maximum atomic E-state index is 5.90. The Morgan fingerprint density at radius 2 is 1.78 bits per heavy atom. The van der Waals surface area contributed by atoms with Gasteiger partial charge in [-0.15, -0.1) is 0 Å². The Bertz CT molecular complexity index is 485. The standard InChI is InChI=1S/C15H17ClN2/c1-2-18(11-13-6-4-3-5-7-13)12-14-8-9-17-15(16)10-14/h3-10H,2,11-12H2,1H3. The maximum Gasteiger partial charge on any atom is 0.129 e. The number of hydrogen-bond donors (Lipinski definition) is 0. The molecule has 0 aliphatic heterocycles. The highest BCUT2D eigenvalue weighted by atomic mass is 35.5. The lowest BCUT2D eigenvalue weighted by molar-refractivity contribution is 0.271. The lowest BCUT2D eigenvalue weighted by atomic mass is 10.2. The van der Waals surface area contributed by atoms with E-state index in [1.807, 2.05) is 18.2 Å². The average Bonchev–Trinajstić information content (AvgIpc) is 2.39. The second-order valence-corrected chi connectivity index (χ2v) is 4.66. The van der Waals surface area contributed by atoms with Crippen LogP contribution in [-0.4, -0.2) is 16.4 Å². The molecule has 2 aromatic rings. The fourth-order valence-corrected chi connectivity index (χ4v) is 2.12. The van der Waals surface area contributed by atoms with Crippen molar-refractivity contribution >= 4 is 11.6 Å². The topological polar surface area (TPSA) is 16.1 Å². The summed E-state index contributed by atoms with van der Waals surface area (Å²) in [5, 5.41) is 0.559. The molecule has 3 heteroatoms. The molecule has 2 nitrogen and oxygen atoms in total. The van der Waals surface area contributed by atoms with Crippen LogP contribution in [0.15, 0.2) is 48.7 Å². The maximum absolute atomic E-state index is 5.90. The van der Waals surface area contributed by atoms with Gasteiger partial charge in [-0.05, 0) is 29.8 Å². The molecule has 0 radical (unpaired) electrons. The second-order valence-electron chi connectivity index (χ2n) is 4.28. The number of rotatable bonds is 5. The normalized spacial score (nSPS) is 10.8. The van der Waals surface area contributed by atoms with Gasteiger partial charge in [0.15, 0.2) is 0 Å². The fraction of sp³-hybridized carbons (Fsp3) is 0.267. The van der Waals surface area contributed by atoms with E-state index in [9.17, 15) is 0 Å². The molecule has 2 rings (SSSR count). The number of nitrogens with zero attached hydrogens (tertiary/aromatic N) is 2. The fourth-order valence-electron chi connectivity index (χ4n) is 1.92. The largest absolute Gasteiger partial charge is 0.295 e. The van der Waals surface area contributed by atoms with E-state index in [-0.39, 0.29) is 0 Å². The SMILES string of the molecule is CCN(Cc1ccccc1)Cc1ccnc(Cl)c1. The summed E-state index contributed by atoms with van der Waals surface area (Å²) in [4.78, 5) is 6.38. The minimum absolute atomic E-state index is 0.559. The van der Waals surface area contributed by atoms with E-state index in [4.69, 9.17) is 11.6 Å². The summed E-state index contributed by atoms with van der Waals surface area (Å²) in [7, 11) is 0. The van der Waals surface area contributed by atoms with Crippen LogP contribution < -0.4 is 0 Å². The van der Waals surface area contributed by atoms with E-state index in [2.05, 4.69) is 41.1 Å². The van der Waals surface area contributed by atoms with Gasteiger partial charge in [0.1, 0.15) is 5.15 Å². The van der Waals surface area contributed by atoms with Crippen molar-refractivity contribution in [3.05, 3.63) is 64.9 Å². The van der Waals surface area contributed by atoms with Gasteiger partial charge < -0.3 is 0 Å². The Balaban J connectivity index is 2.01. The van der Waals surface area contributed by atoms with Crippen molar-refractivity contribution in [2.45, 2.75) is 20.0 Å². The van der Waals surface area contributed by atoms with Gasteiger partial charge >= 0.3 is 0 Å². The van der Waals surface area contributed by atoms with Gasteiger partial charge in [-0.2, -0.15) is 0 Å². The summed E-state index contributed by atoms with van der Waals surface area (Å²) in [5.41, 5.74) is 2.53. The van der Waals surface area contributed by atoms with Crippen LogP contribution in [0.4, 0.5) is 0 Å². The molecule has 0 amide bonds. The molecule has 0 aliphatic rings. The first-order valence-corrected chi connectivity index (χ1v) is 6.52. The summed E-state index contributed by atoms with van der Waals surface area (Å²) in [6.07, 6.45) is 1.76. The third-order valence-corrected chi connectivity index (χ3v) is 3.10. The molecular weight excluding hydrogens is 244 g/mol. The molecule has 0 atom stereocenters. The predicted octanol–water partition coefficient (Wildman–Crippen LogP) is 3.76. The molecule has 0 saturated carbocycles. The molecule has 94 valence electrons. The van der Waals surface area contributed by atoms with Crippen LogP contribution in [0.25, 0.3) is 0 Å². The van der Waals surface area contributed by atoms with Gasteiger partial charge in [0.2, 0.25) is 0 Å². The van der Waals surface area contributed by atoms with Crippen LogP contribution >= 0.6 is 11.6 Å². The summed E-state index contributed by atoms with van der Waals surface area (Å²) in [5.74, 6) is 0. The molecule has 0 saturated heterocycles. The molecule has 0 spiro atoms. The first-order chi connectivity index (χ1) is 8.78. The molecule has 1 aromatic heterocycles. The van der Waals surface area contributed by atoms with Crippen molar-refractivity contribution < 1.29 is 0 Å². The summed E-state index contributed by atoms with van der Waals surface area (Å²) in [6, 6.07) is 14.4. The van der Waals surface area contributed by atoms with Crippen LogP contribution in [0.2, 0.25) is 5.15 Å². The van der Waals surface area contributed by atoms with Gasteiger partial charge in [0.05, 0.1) is 0 Å². The van der Waals surface area contributed by atoms with Gasteiger partial charge in [0.25, 0.3) is 0 Å². The summed E-state index contributed by atoms with van der Waals surface area (Å²) >= 11 is 5.90. The Morgan fingerprint density at radius 3 is 2.44 bits per heavy atom. The van der Waals surface area contributed by atoms with Crippen molar-refractivity contribution in [3.63, 3.8) is 0 Å². The summed E-state index contributed by atoms with van der Waals surface area (Å²) in [6.45, 7) is 5.03. The summed E-state index contributed by atoms with van der Waals surface area (Å²) < 4.78 is 0. The van der Waals surface area contributed by atoms with Crippen molar-refractivity contribution in [3.8, 4) is 0 Å². The number of pyridine rings is 1. The van der Waals surface area contributed by atoms with E-state index in [1.54, 1.807) is 6.20 Å². The first-order valence-electron chi connectivity index (χ1n) is 6.14. The molecule has 1 aromatic carbocycles. The minimum Gasteiger partial charge on any atom is -0.295 e. The zero-order valence-electron chi connectivity index (χ0n) is 10.5. The van der Waals surface area contributed by atoms with Crippen LogP contribution in [0.1, 0.15) is 18.1 Å². The Kier molecular flexibility index (Phi) is 4.73. The number of benzene rings is 1. The monoisotopic (exact) mass is 260 g/mol. The Hall–Kier alpha value is -1.38. The zero-order valence-corrected chi connectivity index (χ0v) is 11.3. The van der Waals surface area contributed by atoms with E-state index < -0.39 is 0 Å². The highest BCUT2D eigenvalue weighted by Gasteiger charge is 2.05. The van der Waals surface area contributed by atoms with Gasteiger partial charge in [-0.1, -0.05) is 48.9 Å². The molecule has 0 fully saturated rings. The smallest absolute Gasteiger partial charge is 0.129 e. The van der Waals surface area contributed by atoms with E-state index in [1.165, 1.54) is 11.1 Å². The van der Waals surface area contributed by atoms with Crippen LogP contribution in [0.5, 0.6) is 0 Å². The molecule has 1 heterocycles. The third kappa shape index (κ3) is 3.83. The van der Waals surface area contributed by atoms with E-state index in [0.29, 0.717) is 5.15 Å². The highest BCUT2D eigenvalue weighted by Crippen LogP contribution is 2.12. The van der Waals surface area contributed by atoms with Gasteiger partial charge in [0, 0.05) is 19.3 Å². The molecule has 18 heavy (non-hydrogen) atoms. The second kappa shape index (κ2) is 6.53. The quantitative estimate of drug-likeness (QED) is 0.761. The predicted molar refractivity (Wildman–Crippen MR) is 75.5 cm³/mol. The molecule has 0 unspecified atom stereocenters. The third-order valence-electron chi connectivity index (χ3n) is 2.89. The number of aromatic nitrogens is 1. The molecular formula is C15H17ClN2. The zero-order chi connectivity index (χ0) is 12.8. The molecule has 0 N–H and O–H groups in total. The number of hydrogen-bond acceptors (Lipinski definition) is 2. The van der Waals surface area contributed by atoms with Crippen molar-refractivity contribution in [2.75, 3.05) is 6.54 Å². The lowest BCUT2D eigenvalue weighted by Crippen LogP contribution is -2.22. The van der Waals surface area contributed by atoms with E-state index >= 15 is 0 Å². The van der Waals surface area contributed by atoms with Gasteiger partial charge in [-0.3, -0.25) is 4.90 Å². The van der Waals surface area contributed by atoms with Crippen molar-refractivity contribution in [1.82, 2.24) is 9.88 Å². The number of halogens is 1. The van der Waals surface area contributed by atoms with Crippen LogP contribution in [-0.2, 0) is 13.1 Å². The Morgan fingerprint density at radius 1 is 1.06 bits per heavy atom. The lowest BCUT2D eigenvalue weighted by Gasteiger charge is -2.20. The van der Waals surface area contributed by atoms with Crippen molar-refractivity contribution in [2.24, 2.45) is 0 Å². The Labute approximate surface area is 113 Å². The minimum atomic E-state index is 0.559. The first kappa shape index (κ1) is 13.1. The van der Waals surface area contributed by atoms with Crippen molar-refractivity contribution in [1.29, 1.82) is 0 Å². The molecule has 0 bridgehead atoms. The highest BCUT2D eigenvalue weighted by molar-refractivity contribution is 6.29. The molecule has 0 aliphatic carbocycles. The van der Waals surface area contributed by atoms with Gasteiger partial charge in [-0.25, -0.2) is 4.98 Å². The van der Waals surface area contributed by atoms with Crippen LogP contribution in [0, 0.1) is 0 Å². The average molecular weight is 261 g/mol. The van der Waals surface area contributed by atoms with E-state index in [0.717, 1.165) is 19.6 Å². The van der Waals surface area contributed by atoms with Crippen LogP contribution in [0.3, 0.4) is 0 Å².